The molecule has 0 aromatic heterocycles. The van der Waals surface area contributed by atoms with Gasteiger partial charge in [-0.3, -0.25) is 0 Å². The van der Waals surface area contributed by atoms with Crippen LogP contribution in [0.3, 0.4) is 0 Å². The van der Waals surface area contributed by atoms with Gasteiger partial charge in [-0.25, -0.2) is 4.39 Å². The van der Waals surface area contributed by atoms with Crippen LogP contribution < -0.4 is 0 Å². The van der Waals surface area contributed by atoms with Crippen LogP contribution in [0, 0.1) is 12.7 Å². The monoisotopic (exact) mass is 262 g/mol. The first kappa shape index (κ1) is 13.1. The molecule has 2 aromatic carbocycles. The summed E-state index contributed by atoms with van der Waals surface area (Å²) in [4.78, 5) is 0.892. The summed E-state index contributed by atoms with van der Waals surface area (Å²) in [6.45, 7) is 1.79. The lowest BCUT2D eigenvalue weighted by atomic mass is 10.1. The third-order valence-electron chi connectivity index (χ3n) is 2.84. The zero-order chi connectivity index (χ0) is 13.0. The maximum absolute atomic E-state index is 13.4. The normalized spacial score (nSPS) is 10.6. The number of hydrogen-bond acceptors (Lipinski definition) is 2. The lowest BCUT2D eigenvalue weighted by Gasteiger charge is -2.10. The average molecular weight is 262 g/mol. The molecule has 0 heterocycles. The number of hydrogen-bond donors (Lipinski definition) is 1. The first-order valence-corrected chi connectivity index (χ1v) is 6.76. The molecule has 0 saturated carbocycles. The molecule has 2 aromatic rings. The maximum atomic E-state index is 13.4. The summed E-state index contributed by atoms with van der Waals surface area (Å²) in [7, 11) is 0. The Morgan fingerprint density at radius 1 is 1.17 bits per heavy atom. The minimum atomic E-state index is -0.291. The predicted octanol–water partition coefficient (Wildman–Crippen LogP) is 3.92. The van der Waals surface area contributed by atoms with E-state index < -0.39 is 0 Å². The van der Waals surface area contributed by atoms with Gasteiger partial charge in [0.15, 0.2) is 0 Å². The van der Waals surface area contributed by atoms with E-state index in [1.807, 2.05) is 25.1 Å². The van der Waals surface area contributed by atoms with E-state index in [0.717, 1.165) is 16.2 Å². The minimum absolute atomic E-state index is 0.123. The fourth-order valence-corrected chi connectivity index (χ4v) is 2.82. The second-order valence-corrected chi connectivity index (χ2v) is 5.14. The van der Waals surface area contributed by atoms with Gasteiger partial charge < -0.3 is 5.11 Å². The van der Waals surface area contributed by atoms with E-state index in [9.17, 15) is 9.50 Å². The maximum Gasteiger partial charge on any atom is 0.124 e. The fraction of sp³-hybridized carbons (Fsp3) is 0.200. The lowest BCUT2D eigenvalue weighted by Crippen LogP contribution is -1.94. The topological polar surface area (TPSA) is 20.2 Å². The number of benzene rings is 2. The summed E-state index contributed by atoms with van der Waals surface area (Å²) < 4.78 is 13.4. The summed E-state index contributed by atoms with van der Waals surface area (Å²) in [5.74, 6) is 0.510. The van der Waals surface area contributed by atoms with Gasteiger partial charge in [0.1, 0.15) is 5.82 Å². The second-order valence-electron chi connectivity index (χ2n) is 4.12. The van der Waals surface area contributed by atoms with Crippen LogP contribution in [0.1, 0.15) is 16.7 Å². The van der Waals surface area contributed by atoms with Gasteiger partial charge in [0.2, 0.25) is 0 Å². The third kappa shape index (κ3) is 3.12. The zero-order valence-corrected chi connectivity index (χ0v) is 11.0. The Kier molecular flexibility index (Phi) is 4.39. The molecule has 0 fully saturated rings. The van der Waals surface area contributed by atoms with Crippen molar-refractivity contribution in [2.24, 2.45) is 0 Å². The van der Waals surface area contributed by atoms with Crippen molar-refractivity contribution < 1.29 is 9.50 Å². The molecule has 0 aliphatic carbocycles. The van der Waals surface area contributed by atoms with E-state index in [-0.39, 0.29) is 12.4 Å². The van der Waals surface area contributed by atoms with E-state index >= 15 is 0 Å². The molecule has 18 heavy (non-hydrogen) atoms. The highest BCUT2D eigenvalue weighted by molar-refractivity contribution is 7.98. The van der Waals surface area contributed by atoms with Gasteiger partial charge in [-0.2, -0.15) is 0 Å². The van der Waals surface area contributed by atoms with Crippen molar-refractivity contribution in [3.63, 3.8) is 0 Å². The Hall–Kier alpha value is -1.32. The molecule has 0 saturated heterocycles. The van der Waals surface area contributed by atoms with Gasteiger partial charge in [0, 0.05) is 10.6 Å². The van der Waals surface area contributed by atoms with Crippen LogP contribution in [-0.2, 0) is 12.4 Å². The summed E-state index contributed by atoms with van der Waals surface area (Å²) in [6.07, 6.45) is 0. The Morgan fingerprint density at radius 3 is 2.56 bits per heavy atom. The summed E-state index contributed by atoms with van der Waals surface area (Å²) >= 11 is 1.59. The number of aliphatic hydroxyl groups is 1. The molecule has 0 unspecified atom stereocenters. The number of aliphatic hydroxyl groups excluding tert-OH is 1. The first-order chi connectivity index (χ1) is 8.70. The standard InChI is InChI=1S/C15H15FOS/c1-11-13(9-17)7-14(16)8-15(11)18-10-12-5-3-2-4-6-12/h2-8,17H,9-10H2,1H3. The van der Waals surface area contributed by atoms with Gasteiger partial charge in [-0.05, 0) is 35.7 Å². The van der Waals surface area contributed by atoms with E-state index in [2.05, 4.69) is 12.1 Å². The van der Waals surface area contributed by atoms with Gasteiger partial charge in [-0.1, -0.05) is 30.3 Å². The van der Waals surface area contributed by atoms with Crippen LogP contribution in [0.25, 0.3) is 0 Å². The Labute approximate surface area is 111 Å². The van der Waals surface area contributed by atoms with Gasteiger partial charge in [0.05, 0.1) is 6.61 Å². The minimum Gasteiger partial charge on any atom is -0.392 e. The SMILES string of the molecule is Cc1c(CO)cc(F)cc1SCc1ccccc1. The number of thioether (sulfide) groups is 1. The largest absolute Gasteiger partial charge is 0.392 e. The molecular formula is C15H15FOS. The Balaban J connectivity index is 2.17. The second kappa shape index (κ2) is 6.03. The summed E-state index contributed by atoms with van der Waals surface area (Å²) in [6, 6.07) is 13.0. The molecule has 1 N–H and O–H groups in total. The van der Waals surface area contributed by atoms with Crippen molar-refractivity contribution in [1.29, 1.82) is 0 Å². The predicted molar refractivity (Wildman–Crippen MR) is 73.1 cm³/mol. The molecule has 0 spiro atoms. The summed E-state index contributed by atoms with van der Waals surface area (Å²) in [5.41, 5.74) is 2.82. The quantitative estimate of drug-likeness (QED) is 0.843. The first-order valence-electron chi connectivity index (χ1n) is 5.77. The Morgan fingerprint density at radius 2 is 1.89 bits per heavy atom. The van der Waals surface area contributed by atoms with Crippen LogP contribution in [0.4, 0.5) is 4.39 Å². The molecule has 0 aliphatic rings. The molecule has 2 rings (SSSR count). The molecule has 0 bridgehead atoms. The van der Waals surface area contributed by atoms with Gasteiger partial charge >= 0.3 is 0 Å². The van der Waals surface area contributed by atoms with Crippen molar-refractivity contribution in [3.05, 3.63) is 65.0 Å². The van der Waals surface area contributed by atoms with Crippen LogP contribution in [0.2, 0.25) is 0 Å². The highest BCUT2D eigenvalue weighted by Gasteiger charge is 2.07. The number of rotatable bonds is 4. The lowest BCUT2D eigenvalue weighted by molar-refractivity contribution is 0.280. The number of halogens is 1. The summed E-state index contributed by atoms with van der Waals surface area (Å²) in [5, 5.41) is 9.18. The fourth-order valence-electron chi connectivity index (χ4n) is 1.76. The van der Waals surface area contributed by atoms with Crippen LogP contribution in [0.5, 0.6) is 0 Å². The van der Waals surface area contributed by atoms with Crippen molar-refractivity contribution in [2.45, 2.75) is 24.2 Å². The van der Waals surface area contributed by atoms with Crippen LogP contribution >= 0.6 is 11.8 Å². The van der Waals surface area contributed by atoms with E-state index in [1.165, 1.54) is 17.7 Å². The third-order valence-corrected chi connectivity index (χ3v) is 4.05. The van der Waals surface area contributed by atoms with Gasteiger partial charge in [0.25, 0.3) is 0 Å². The Bertz CT molecular complexity index is 526. The molecule has 0 radical (unpaired) electrons. The van der Waals surface area contributed by atoms with E-state index in [0.29, 0.717) is 5.56 Å². The van der Waals surface area contributed by atoms with Crippen LogP contribution in [0.15, 0.2) is 47.4 Å². The molecule has 1 nitrogen and oxygen atoms in total. The van der Waals surface area contributed by atoms with Crippen molar-refractivity contribution in [1.82, 2.24) is 0 Å². The van der Waals surface area contributed by atoms with Gasteiger partial charge in [-0.15, -0.1) is 11.8 Å². The molecule has 0 atom stereocenters. The van der Waals surface area contributed by atoms with Crippen molar-refractivity contribution in [2.75, 3.05) is 0 Å². The smallest absolute Gasteiger partial charge is 0.124 e. The highest BCUT2D eigenvalue weighted by Crippen LogP contribution is 2.29. The van der Waals surface area contributed by atoms with Crippen molar-refractivity contribution in [3.8, 4) is 0 Å². The molecule has 94 valence electrons. The zero-order valence-electron chi connectivity index (χ0n) is 10.2. The van der Waals surface area contributed by atoms with E-state index in [1.54, 1.807) is 11.8 Å². The molecule has 0 aliphatic heterocycles. The average Bonchev–Trinajstić information content (AvgIpc) is 2.40. The van der Waals surface area contributed by atoms with Crippen molar-refractivity contribution >= 4 is 11.8 Å². The van der Waals surface area contributed by atoms with E-state index in [4.69, 9.17) is 0 Å². The highest BCUT2D eigenvalue weighted by atomic mass is 32.2. The molecule has 0 amide bonds. The molecular weight excluding hydrogens is 247 g/mol. The molecule has 3 heteroatoms. The van der Waals surface area contributed by atoms with Crippen LogP contribution in [-0.4, -0.2) is 5.11 Å².